The van der Waals surface area contributed by atoms with Crippen LogP contribution in [0.3, 0.4) is 0 Å². The highest BCUT2D eigenvalue weighted by atomic mass is 16.5. The van der Waals surface area contributed by atoms with Crippen molar-refractivity contribution < 1.29 is 4.74 Å². The minimum Gasteiger partial charge on any atom is -0.493 e. The maximum Gasteiger partial charge on any atom is 0.127 e. The Morgan fingerprint density at radius 2 is 2.15 bits per heavy atom. The van der Waals surface area contributed by atoms with E-state index in [2.05, 4.69) is 12.1 Å². The molecule has 1 aliphatic rings. The molecule has 2 nitrogen and oxygen atoms in total. The van der Waals surface area contributed by atoms with Crippen molar-refractivity contribution in [1.29, 1.82) is 0 Å². The van der Waals surface area contributed by atoms with Crippen LogP contribution in [0.15, 0.2) is 18.2 Å². The van der Waals surface area contributed by atoms with Crippen LogP contribution < -0.4 is 10.5 Å². The minimum absolute atomic E-state index is 0.310. The van der Waals surface area contributed by atoms with Gasteiger partial charge in [0, 0.05) is 17.5 Å². The first-order valence-corrected chi connectivity index (χ1v) is 4.63. The first-order chi connectivity index (χ1) is 6.09. The van der Waals surface area contributed by atoms with Crippen LogP contribution in [0.4, 0.5) is 0 Å². The number of para-hydroxylation sites is 1. The molecule has 0 saturated heterocycles. The Labute approximate surface area is 78.7 Å². The van der Waals surface area contributed by atoms with Crippen LogP contribution in [0.1, 0.15) is 25.0 Å². The number of hydrogen-bond acceptors (Lipinski definition) is 2. The Morgan fingerprint density at radius 3 is 2.85 bits per heavy atom. The second kappa shape index (κ2) is 2.74. The van der Waals surface area contributed by atoms with Crippen LogP contribution >= 0.6 is 0 Å². The van der Waals surface area contributed by atoms with E-state index in [0.717, 1.165) is 24.3 Å². The molecule has 1 aromatic carbocycles. The van der Waals surface area contributed by atoms with Gasteiger partial charge in [0.1, 0.15) is 5.75 Å². The molecule has 0 amide bonds. The van der Waals surface area contributed by atoms with E-state index >= 15 is 0 Å². The Bertz CT molecular complexity index is 325. The van der Waals surface area contributed by atoms with Crippen molar-refractivity contribution in [3.63, 3.8) is 0 Å². The number of benzene rings is 1. The first kappa shape index (κ1) is 8.57. The van der Waals surface area contributed by atoms with Crippen LogP contribution in [0, 0.1) is 0 Å². The quantitative estimate of drug-likeness (QED) is 0.710. The highest BCUT2D eigenvalue weighted by Gasteiger charge is 2.24. The fourth-order valence-corrected chi connectivity index (χ4v) is 1.72. The lowest BCUT2D eigenvalue weighted by Crippen LogP contribution is -2.29. The second-order valence-electron chi connectivity index (χ2n) is 4.11. The third-order valence-corrected chi connectivity index (χ3v) is 2.41. The summed E-state index contributed by atoms with van der Waals surface area (Å²) in [7, 11) is 0. The van der Waals surface area contributed by atoms with E-state index in [1.807, 2.05) is 19.9 Å². The van der Waals surface area contributed by atoms with Crippen LogP contribution in [-0.2, 0) is 12.0 Å². The molecule has 0 unspecified atom stereocenters. The molecule has 0 aliphatic carbocycles. The summed E-state index contributed by atoms with van der Waals surface area (Å²) in [6, 6.07) is 6.21. The smallest absolute Gasteiger partial charge is 0.127 e. The second-order valence-corrected chi connectivity index (χ2v) is 4.11. The van der Waals surface area contributed by atoms with E-state index in [1.165, 1.54) is 5.56 Å². The van der Waals surface area contributed by atoms with E-state index in [9.17, 15) is 0 Å². The predicted octanol–water partition coefficient (Wildman–Crippen LogP) is 1.82. The van der Waals surface area contributed by atoms with Crippen molar-refractivity contribution in [2.75, 3.05) is 6.61 Å². The Hall–Kier alpha value is -1.02. The molecule has 70 valence electrons. The normalized spacial score (nSPS) is 15.3. The largest absolute Gasteiger partial charge is 0.493 e. The fourth-order valence-electron chi connectivity index (χ4n) is 1.72. The first-order valence-electron chi connectivity index (χ1n) is 4.63. The molecule has 2 rings (SSSR count). The van der Waals surface area contributed by atoms with Gasteiger partial charge in [-0.15, -0.1) is 0 Å². The van der Waals surface area contributed by atoms with Gasteiger partial charge in [-0.25, -0.2) is 0 Å². The summed E-state index contributed by atoms with van der Waals surface area (Å²) in [5.74, 6) is 1.01. The number of fused-ring (bicyclic) bond motifs is 1. The highest BCUT2D eigenvalue weighted by molar-refractivity contribution is 5.46. The van der Waals surface area contributed by atoms with E-state index in [-0.39, 0.29) is 5.54 Å². The van der Waals surface area contributed by atoms with E-state index < -0.39 is 0 Å². The van der Waals surface area contributed by atoms with Crippen LogP contribution in [0.5, 0.6) is 5.75 Å². The summed E-state index contributed by atoms with van der Waals surface area (Å²) in [6.45, 7) is 4.80. The number of nitrogens with two attached hydrogens (primary N) is 1. The van der Waals surface area contributed by atoms with Crippen LogP contribution in [0.2, 0.25) is 0 Å². The number of hydrogen-bond donors (Lipinski definition) is 1. The molecule has 13 heavy (non-hydrogen) atoms. The van der Waals surface area contributed by atoms with Gasteiger partial charge in [-0.05, 0) is 19.4 Å². The number of ether oxygens (including phenoxy) is 1. The lowest BCUT2D eigenvalue weighted by Gasteiger charge is -2.21. The van der Waals surface area contributed by atoms with Crippen LogP contribution in [-0.4, -0.2) is 6.61 Å². The van der Waals surface area contributed by atoms with Crippen molar-refractivity contribution in [2.24, 2.45) is 5.73 Å². The molecule has 2 heteroatoms. The fraction of sp³-hybridized carbons (Fsp3) is 0.455. The number of rotatable bonds is 1. The maximum atomic E-state index is 6.05. The Kier molecular flexibility index (Phi) is 1.81. The van der Waals surface area contributed by atoms with Gasteiger partial charge in [0.05, 0.1) is 6.61 Å². The molecule has 0 spiro atoms. The predicted molar refractivity (Wildman–Crippen MR) is 52.9 cm³/mol. The lowest BCUT2D eigenvalue weighted by atomic mass is 9.93. The van der Waals surface area contributed by atoms with Gasteiger partial charge in [-0.1, -0.05) is 18.2 Å². The minimum atomic E-state index is -0.310. The van der Waals surface area contributed by atoms with Crippen LogP contribution in [0.25, 0.3) is 0 Å². The summed E-state index contributed by atoms with van der Waals surface area (Å²) < 4.78 is 5.58. The topological polar surface area (TPSA) is 35.2 Å². The average molecular weight is 177 g/mol. The van der Waals surface area contributed by atoms with E-state index in [0.29, 0.717) is 0 Å². The molecule has 0 saturated carbocycles. The maximum absolute atomic E-state index is 6.05. The van der Waals surface area contributed by atoms with Gasteiger partial charge in [0.25, 0.3) is 0 Å². The molecule has 0 aromatic heterocycles. The molecule has 0 radical (unpaired) electrons. The Balaban J connectivity index is 2.54. The monoisotopic (exact) mass is 177 g/mol. The van der Waals surface area contributed by atoms with Crippen molar-refractivity contribution in [2.45, 2.75) is 25.8 Å². The molecule has 1 heterocycles. The van der Waals surface area contributed by atoms with Gasteiger partial charge in [0.2, 0.25) is 0 Å². The van der Waals surface area contributed by atoms with Crippen molar-refractivity contribution >= 4 is 0 Å². The third kappa shape index (κ3) is 1.42. The zero-order chi connectivity index (χ0) is 9.47. The molecular formula is C11H15NO. The summed E-state index contributed by atoms with van der Waals surface area (Å²) in [5.41, 5.74) is 8.14. The van der Waals surface area contributed by atoms with Gasteiger partial charge in [-0.3, -0.25) is 0 Å². The SMILES string of the molecule is CC(C)(N)c1cccc2c1OCC2. The van der Waals surface area contributed by atoms with E-state index in [4.69, 9.17) is 10.5 Å². The zero-order valence-corrected chi connectivity index (χ0v) is 8.13. The van der Waals surface area contributed by atoms with Crippen molar-refractivity contribution in [3.05, 3.63) is 29.3 Å². The Morgan fingerprint density at radius 1 is 1.38 bits per heavy atom. The lowest BCUT2D eigenvalue weighted by molar-refractivity contribution is 0.345. The van der Waals surface area contributed by atoms with E-state index in [1.54, 1.807) is 0 Å². The summed E-state index contributed by atoms with van der Waals surface area (Å²) >= 11 is 0. The molecule has 1 aromatic rings. The third-order valence-electron chi connectivity index (χ3n) is 2.41. The molecule has 2 N–H and O–H groups in total. The van der Waals surface area contributed by atoms with Gasteiger partial charge in [-0.2, -0.15) is 0 Å². The van der Waals surface area contributed by atoms with Crippen molar-refractivity contribution in [1.82, 2.24) is 0 Å². The zero-order valence-electron chi connectivity index (χ0n) is 8.13. The van der Waals surface area contributed by atoms with Gasteiger partial charge >= 0.3 is 0 Å². The molecule has 1 aliphatic heterocycles. The molecule has 0 atom stereocenters. The summed E-state index contributed by atoms with van der Waals surface area (Å²) in [5, 5.41) is 0. The summed E-state index contributed by atoms with van der Waals surface area (Å²) in [4.78, 5) is 0. The van der Waals surface area contributed by atoms with Gasteiger partial charge < -0.3 is 10.5 Å². The highest BCUT2D eigenvalue weighted by Crippen LogP contribution is 2.34. The van der Waals surface area contributed by atoms with Gasteiger partial charge in [0.15, 0.2) is 0 Å². The van der Waals surface area contributed by atoms with Crippen molar-refractivity contribution in [3.8, 4) is 5.75 Å². The molecule has 0 fully saturated rings. The molecular weight excluding hydrogens is 162 g/mol. The average Bonchev–Trinajstić information content (AvgIpc) is 2.48. The summed E-state index contributed by atoms with van der Waals surface area (Å²) in [6.07, 6.45) is 1.01. The molecule has 0 bridgehead atoms. The standard InChI is InChI=1S/C11H15NO/c1-11(2,12)9-5-3-4-8-6-7-13-10(8)9/h3-5H,6-7,12H2,1-2H3.